The van der Waals surface area contributed by atoms with Gasteiger partial charge in [0.2, 0.25) is 0 Å². The van der Waals surface area contributed by atoms with E-state index in [1.807, 2.05) is 36.4 Å². The van der Waals surface area contributed by atoms with E-state index in [1.54, 1.807) is 30.9 Å². The van der Waals surface area contributed by atoms with Crippen LogP contribution in [0.15, 0.2) is 48.5 Å². The topological polar surface area (TPSA) is 72.3 Å². The summed E-state index contributed by atoms with van der Waals surface area (Å²) in [5, 5.41) is 17.6. The van der Waals surface area contributed by atoms with Gasteiger partial charge in [0.25, 0.3) is 0 Å². The molecule has 0 aliphatic heterocycles. The van der Waals surface area contributed by atoms with Crippen LogP contribution < -0.4 is 9.47 Å². The molecule has 3 rings (SSSR count). The number of hydrogen-bond acceptors (Lipinski definition) is 5. The minimum atomic E-state index is -0.910. The molecule has 24 heavy (non-hydrogen) atoms. The number of rotatable bonds is 5. The van der Waals surface area contributed by atoms with E-state index >= 15 is 0 Å². The quantitative estimate of drug-likeness (QED) is 0.697. The number of aliphatic hydroxyl groups excluding tert-OH is 1. The van der Waals surface area contributed by atoms with Gasteiger partial charge in [0.05, 0.1) is 19.9 Å². The second-order valence-corrected chi connectivity index (χ2v) is 5.46. The average molecular weight is 343 g/mol. The number of aromatic amines is 1. The van der Waals surface area contributed by atoms with Crippen LogP contribution in [0.25, 0.3) is 5.69 Å². The van der Waals surface area contributed by atoms with Crippen molar-refractivity contribution in [3.63, 3.8) is 0 Å². The smallest absolute Gasteiger partial charge is 0.199 e. The van der Waals surface area contributed by atoms with E-state index in [2.05, 4.69) is 10.2 Å². The van der Waals surface area contributed by atoms with E-state index in [0.717, 1.165) is 11.3 Å². The first-order chi connectivity index (χ1) is 11.7. The summed E-state index contributed by atoms with van der Waals surface area (Å²) in [5.74, 6) is 1.58. The molecule has 1 heterocycles. The number of aromatic nitrogens is 3. The Morgan fingerprint density at radius 3 is 2.46 bits per heavy atom. The summed E-state index contributed by atoms with van der Waals surface area (Å²) >= 11 is 5.33. The Bertz CT molecular complexity index is 890. The maximum atomic E-state index is 10.7. The highest BCUT2D eigenvalue weighted by atomic mass is 32.1. The largest absolute Gasteiger partial charge is 0.493 e. The highest BCUT2D eigenvalue weighted by Crippen LogP contribution is 2.31. The monoisotopic (exact) mass is 343 g/mol. The molecule has 0 radical (unpaired) electrons. The molecule has 0 unspecified atom stereocenters. The first-order valence-corrected chi connectivity index (χ1v) is 7.69. The number of benzene rings is 2. The van der Waals surface area contributed by atoms with Gasteiger partial charge in [0.1, 0.15) is 6.10 Å². The maximum Gasteiger partial charge on any atom is 0.199 e. The fourth-order valence-corrected chi connectivity index (χ4v) is 2.74. The van der Waals surface area contributed by atoms with Crippen molar-refractivity contribution in [2.75, 3.05) is 14.2 Å². The van der Waals surface area contributed by atoms with Crippen molar-refractivity contribution in [2.24, 2.45) is 0 Å². The zero-order valence-corrected chi connectivity index (χ0v) is 14.1. The van der Waals surface area contributed by atoms with Crippen LogP contribution in [-0.2, 0) is 0 Å². The molecule has 0 fully saturated rings. The van der Waals surface area contributed by atoms with Gasteiger partial charge in [-0.3, -0.25) is 9.67 Å². The van der Waals surface area contributed by atoms with Crippen molar-refractivity contribution in [1.29, 1.82) is 0 Å². The first kappa shape index (κ1) is 16.2. The van der Waals surface area contributed by atoms with Gasteiger partial charge in [0, 0.05) is 6.07 Å². The van der Waals surface area contributed by atoms with Gasteiger partial charge in [-0.2, -0.15) is 5.10 Å². The fraction of sp³-hybridized carbons (Fsp3) is 0.176. The highest BCUT2D eigenvalue weighted by Gasteiger charge is 2.19. The predicted molar refractivity (Wildman–Crippen MR) is 92.4 cm³/mol. The first-order valence-electron chi connectivity index (χ1n) is 7.28. The van der Waals surface area contributed by atoms with Gasteiger partial charge in [-0.15, -0.1) is 0 Å². The van der Waals surface area contributed by atoms with Crippen molar-refractivity contribution in [1.82, 2.24) is 14.8 Å². The Labute approximate surface area is 144 Å². The third-order valence-corrected chi connectivity index (χ3v) is 3.96. The molecule has 6 nitrogen and oxygen atoms in total. The molecule has 1 aromatic heterocycles. The molecule has 3 aromatic rings. The van der Waals surface area contributed by atoms with Crippen molar-refractivity contribution in [2.45, 2.75) is 6.10 Å². The minimum absolute atomic E-state index is 0.382. The molecule has 0 amide bonds. The Balaban J connectivity index is 2.10. The number of methoxy groups -OCH3 is 2. The molecule has 0 spiro atoms. The molecule has 7 heteroatoms. The standard InChI is InChI=1S/C17H17N3O3S/c1-22-13-9-8-12(10-14(13)23-2)20-16(18-19-17(20)24)15(21)11-6-4-3-5-7-11/h3-10,15,21H,1-2H3,(H,19,24)/t15-/m1/s1. The summed E-state index contributed by atoms with van der Waals surface area (Å²) in [6.45, 7) is 0. The number of aliphatic hydroxyl groups is 1. The van der Waals surface area contributed by atoms with Crippen LogP contribution in [0.2, 0.25) is 0 Å². The van der Waals surface area contributed by atoms with Gasteiger partial charge in [-0.05, 0) is 29.9 Å². The lowest BCUT2D eigenvalue weighted by Crippen LogP contribution is -2.09. The van der Waals surface area contributed by atoms with Crippen LogP contribution in [0.5, 0.6) is 11.5 Å². The third kappa shape index (κ3) is 2.91. The molecule has 0 aliphatic rings. The second kappa shape index (κ2) is 6.86. The minimum Gasteiger partial charge on any atom is -0.493 e. The van der Waals surface area contributed by atoms with Gasteiger partial charge in [-0.1, -0.05) is 30.3 Å². The van der Waals surface area contributed by atoms with E-state index in [9.17, 15) is 5.11 Å². The molecule has 0 saturated carbocycles. The molecule has 2 aromatic carbocycles. The van der Waals surface area contributed by atoms with Gasteiger partial charge >= 0.3 is 0 Å². The zero-order valence-electron chi connectivity index (χ0n) is 13.3. The molecule has 2 N–H and O–H groups in total. The summed E-state index contributed by atoms with van der Waals surface area (Å²) in [5.41, 5.74) is 1.45. The van der Waals surface area contributed by atoms with Crippen molar-refractivity contribution < 1.29 is 14.6 Å². The maximum absolute atomic E-state index is 10.7. The summed E-state index contributed by atoms with van der Waals surface area (Å²) in [4.78, 5) is 0. The Kier molecular flexibility index (Phi) is 4.64. The van der Waals surface area contributed by atoms with Crippen LogP contribution in [0.4, 0.5) is 0 Å². The second-order valence-electron chi connectivity index (χ2n) is 5.07. The lowest BCUT2D eigenvalue weighted by Gasteiger charge is -2.14. The van der Waals surface area contributed by atoms with Gasteiger partial charge < -0.3 is 14.6 Å². The van der Waals surface area contributed by atoms with Gasteiger partial charge in [-0.25, -0.2) is 0 Å². The van der Waals surface area contributed by atoms with Crippen LogP contribution in [0, 0.1) is 4.77 Å². The third-order valence-electron chi connectivity index (χ3n) is 3.68. The van der Waals surface area contributed by atoms with Crippen molar-refractivity contribution in [3.8, 4) is 17.2 Å². The van der Waals surface area contributed by atoms with Crippen molar-refractivity contribution >= 4 is 12.2 Å². The van der Waals surface area contributed by atoms with Crippen LogP contribution in [0.1, 0.15) is 17.5 Å². The number of H-pyrrole nitrogens is 1. The fourth-order valence-electron chi connectivity index (χ4n) is 2.49. The van der Waals surface area contributed by atoms with Crippen LogP contribution >= 0.6 is 12.2 Å². The predicted octanol–water partition coefficient (Wildman–Crippen LogP) is 3.03. The zero-order chi connectivity index (χ0) is 17.1. The number of ether oxygens (including phenoxy) is 2. The molecule has 0 bridgehead atoms. The SMILES string of the molecule is COc1ccc(-n2c([C@H](O)c3ccccc3)n[nH]c2=S)cc1OC. The Morgan fingerprint density at radius 2 is 1.79 bits per heavy atom. The molecule has 0 saturated heterocycles. The Morgan fingerprint density at radius 1 is 1.08 bits per heavy atom. The molecular formula is C17H17N3O3S. The van der Waals surface area contributed by atoms with Crippen molar-refractivity contribution in [3.05, 3.63) is 64.7 Å². The van der Waals surface area contributed by atoms with E-state index < -0.39 is 6.10 Å². The van der Waals surface area contributed by atoms with E-state index in [-0.39, 0.29) is 0 Å². The molecular weight excluding hydrogens is 326 g/mol. The number of nitrogens with one attached hydrogen (secondary N) is 1. The summed E-state index contributed by atoms with van der Waals surface area (Å²) < 4.78 is 12.6. The van der Waals surface area contributed by atoms with E-state index in [0.29, 0.717) is 22.1 Å². The van der Waals surface area contributed by atoms with Crippen LogP contribution in [-0.4, -0.2) is 34.1 Å². The molecule has 124 valence electrons. The lowest BCUT2D eigenvalue weighted by molar-refractivity contribution is 0.207. The summed E-state index contributed by atoms with van der Waals surface area (Å²) in [6.07, 6.45) is -0.910. The normalized spacial score (nSPS) is 12.0. The Hall–Kier alpha value is -2.64. The van der Waals surface area contributed by atoms with Gasteiger partial charge in [0.15, 0.2) is 22.1 Å². The number of hydrogen-bond donors (Lipinski definition) is 2. The lowest BCUT2D eigenvalue weighted by atomic mass is 10.1. The highest BCUT2D eigenvalue weighted by molar-refractivity contribution is 7.71. The van der Waals surface area contributed by atoms with Crippen LogP contribution in [0.3, 0.4) is 0 Å². The average Bonchev–Trinajstić information content (AvgIpc) is 3.02. The summed E-state index contributed by atoms with van der Waals surface area (Å²) in [7, 11) is 3.14. The number of nitrogens with zero attached hydrogens (tertiary/aromatic N) is 2. The molecule has 1 atom stereocenters. The molecule has 0 aliphatic carbocycles. The summed E-state index contributed by atoms with van der Waals surface area (Å²) in [6, 6.07) is 14.7. The van der Waals surface area contributed by atoms with E-state index in [4.69, 9.17) is 21.7 Å². The van der Waals surface area contributed by atoms with E-state index in [1.165, 1.54) is 0 Å².